The lowest BCUT2D eigenvalue weighted by atomic mass is 10.1. The highest BCUT2D eigenvalue weighted by molar-refractivity contribution is 7.90. The zero-order valence-corrected chi connectivity index (χ0v) is 10.5. The SMILES string of the molecule is CCOC([O-])=C1C=CC=CC1=NS(=O)(=O)CC. The maximum Gasteiger partial charge on any atom is 0.253 e. The molecule has 5 nitrogen and oxygen atoms in total. The van der Waals surface area contributed by atoms with Crippen molar-refractivity contribution < 1.29 is 18.3 Å². The van der Waals surface area contributed by atoms with E-state index in [-0.39, 0.29) is 23.6 Å². The van der Waals surface area contributed by atoms with E-state index < -0.39 is 16.0 Å². The number of nitrogens with zero attached hydrogens (tertiary/aromatic N) is 1. The number of ether oxygens (including phenoxy) is 1. The van der Waals surface area contributed by atoms with Crippen molar-refractivity contribution in [2.24, 2.45) is 4.40 Å². The van der Waals surface area contributed by atoms with Gasteiger partial charge in [0.05, 0.1) is 17.4 Å². The van der Waals surface area contributed by atoms with E-state index in [9.17, 15) is 13.5 Å². The van der Waals surface area contributed by atoms with Gasteiger partial charge < -0.3 is 9.84 Å². The van der Waals surface area contributed by atoms with Crippen LogP contribution >= 0.6 is 0 Å². The summed E-state index contributed by atoms with van der Waals surface area (Å²) in [6.07, 6.45) is 6.21. The van der Waals surface area contributed by atoms with Gasteiger partial charge in [0, 0.05) is 5.57 Å². The Morgan fingerprint density at radius 1 is 1.35 bits per heavy atom. The van der Waals surface area contributed by atoms with Crippen molar-refractivity contribution in [3.8, 4) is 0 Å². The lowest BCUT2D eigenvalue weighted by Crippen LogP contribution is -2.17. The number of allylic oxidation sites excluding steroid dienone is 5. The van der Waals surface area contributed by atoms with Gasteiger partial charge in [-0.05, 0) is 19.6 Å². The first kappa shape index (κ1) is 13.5. The maximum atomic E-state index is 11.6. The Morgan fingerprint density at radius 2 is 2.00 bits per heavy atom. The molecule has 0 aromatic heterocycles. The van der Waals surface area contributed by atoms with Crippen molar-refractivity contribution in [1.82, 2.24) is 0 Å². The lowest BCUT2D eigenvalue weighted by molar-refractivity contribution is -0.357. The van der Waals surface area contributed by atoms with E-state index in [0.29, 0.717) is 0 Å². The Balaban J connectivity index is 3.18. The molecule has 6 heteroatoms. The van der Waals surface area contributed by atoms with E-state index >= 15 is 0 Å². The topological polar surface area (TPSA) is 78.8 Å². The van der Waals surface area contributed by atoms with Gasteiger partial charge in [0.15, 0.2) is 0 Å². The third kappa shape index (κ3) is 3.74. The molecule has 0 N–H and O–H groups in total. The van der Waals surface area contributed by atoms with Crippen LogP contribution in [0, 0.1) is 0 Å². The summed E-state index contributed by atoms with van der Waals surface area (Å²) in [5.74, 6) is -0.678. The maximum absolute atomic E-state index is 11.6. The summed E-state index contributed by atoms with van der Waals surface area (Å²) in [6.45, 7) is 3.40. The van der Waals surface area contributed by atoms with Gasteiger partial charge in [-0.15, -0.1) is 0 Å². The molecule has 0 bridgehead atoms. The number of hydrogen-bond acceptors (Lipinski definition) is 4. The normalized spacial score (nSPS) is 20.7. The third-order valence-electron chi connectivity index (χ3n) is 2.00. The first-order valence-electron chi connectivity index (χ1n) is 5.22. The molecule has 0 saturated carbocycles. The molecule has 1 aliphatic carbocycles. The van der Waals surface area contributed by atoms with Crippen LogP contribution in [0.1, 0.15) is 13.8 Å². The molecule has 0 amide bonds. The average Bonchev–Trinajstić information content (AvgIpc) is 2.29. The fraction of sp³-hybridized carbons (Fsp3) is 0.364. The zero-order chi connectivity index (χ0) is 12.9. The molecule has 0 heterocycles. The van der Waals surface area contributed by atoms with Crippen LogP contribution in [-0.2, 0) is 14.8 Å². The summed E-state index contributed by atoms with van der Waals surface area (Å²) in [4.78, 5) is 0. The van der Waals surface area contributed by atoms with Crippen molar-refractivity contribution in [1.29, 1.82) is 0 Å². The Hall–Kier alpha value is -1.56. The molecule has 0 unspecified atom stereocenters. The summed E-state index contributed by atoms with van der Waals surface area (Å²) in [5, 5.41) is 11.6. The molecule has 1 rings (SSSR count). The number of hydrogen-bond donors (Lipinski definition) is 0. The van der Waals surface area contributed by atoms with Crippen LogP contribution in [0.25, 0.3) is 0 Å². The molecule has 0 radical (unpaired) electrons. The van der Waals surface area contributed by atoms with Crippen molar-refractivity contribution in [2.45, 2.75) is 13.8 Å². The molecule has 0 aliphatic heterocycles. The predicted octanol–water partition coefficient (Wildman–Crippen LogP) is 0.511. The minimum Gasteiger partial charge on any atom is -0.613 e. The fourth-order valence-electron chi connectivity index (χ4n) is 1.15. The van der Waals surface area contributed by atoms with E-state index in [0.717, 1.165) is 0 Å². The Morgan fingerprint density at radius 3 is 2.59 bits per heavy atom. The summed E-state index contributed by atoms with van der Waals surface area (Å²) in [5.41, 5.74) is 0.277. The van der Waals surface area contributed by atoms with Gasteiger partial charge in [-0.3, -0.25) is 0 Å². The van der Waals surface area contributed by atoms with Crippen molar-refractivity contribution in [3.63, 3.8) is 0 Å². The fourth-order valence-corrected chi connectivity index (χ4v) is 1.74. The van der Waals surface area contributed by atoms with Crippen LogP contribution < -0.4 is 5.11 Å². The van der Waals surface area contributed by atoms with E-state index in [1.165, 1.54) is 19.1 Å². The minimum absolute atomic E-state index is 0.107. The van der Waals surface area contributed by atoms with Gasteiger partial charge in [-0.2, -0.15) is 4.40 Å². The standard InChI is InChI=1S/C11H15NO4S/c1-3-16-11(13)9-7-5-6-8-10(9)12-17(14,15)4-2/h5-8,13H,3-4H2,1-2H3/p-1. The Labute approximate surface area is 101 Å². The molecule has 17 heavy (non-hydrogen) atoms. The van der Waals surface area contributed by atoms with Crippen LogP contribution in [0.3, 0.4) is 0 Å². The van der Waals surface area contributed by atoms with Gasteiger partial charge in [-0.1, -0.05) is 25.2 Å². The molecule has 0 fully saturated rings. The van der Waals surface area contributed by atoms with Crippen LogP contribution in [0.15, 0.2) is 40.2 Å². The number of sulfonamides is 1. The second-order valence-corrected chi connectivity index (χ2v) is 5.12. The third-order valence-corrected chi connectivity index (χ3v) is 3.21. The summed E-state index contributed by atoms with van der Waals surface area (Å²) < 4.78 is 31.2. The van der Waals surface area contributed by atoms with Gasteiger partial charge >= 0.3 is 0 Å². The van der Waals surface area contributed by atoms with Crippen LogP contribution in [0.5, 0.6) is 0 Å². The Kier molecular flexibility index (Phi) is 4.51. The van der Waals surface area contributed by atoms with Gasteiger partial charge in [0.25, 0.3) is 10.0 Å². The minimum atomic E-state index is -3.53. The highest BCUT2D eigenvalue weighted by Gasteiger charge is 2.11. The summed E-state index contributed by atoms with van der Waals surface area (Å²) in [7, 11) is -3.53. The zero-order valence-electron chi connectivity index (χ0n) is 9.71. The molecule has 94 valence electrons. The van der Waals surface area contributed by atoms with Gasteiger partial charge in [0.1, 0.15) is 0 Å². The largest absolute Gasteiger partial charge is 0.613 e. The van der Waals surface area contributed by atoms with E-state index in [1.54, 1.807) is 19.1 Å². The molecule has 0 spiro atoms. The second kappa shape index (κ2) is 5.67. The summed E-state index contributed by atoms with van der Waals surface area (Å²) in [6, 6.07) is 0. The average molecular weight is 256 g/mol. The first-order chi connectivity index (χ1) is 8.00. The molecular weight excluding hydrogens is 242 g/mol. The quantitative estimate of drug-likeness (QED) is 0.686. The molecule has 0 aromatic carbocycles. The highest BCUT2D eigenvalue weighted by Crippen LogP contribution is 2.13. The Bertz CT molecular complexity index is 498. The molecule has 0 atom stereocenters. The predicted molar refractivity (Wildman–Crippen MR) is 63.8 cm³/mol. The first-order valence-corrected chi connectivity index (χ1v) is 6.83. The monoisotopic (exact) mass is 256 g/mol. The van der Waals surface area contributed by atoms with Gasteiger partial charge in [0.2, 0.25) is 0 Å². The highest BCUT2D eigenvalue weighted by atomic mass is 32.2. The van der Waals surface area contributed by atoms with Crippen molar-refractivity contribution in [3.05, 3.63) is 35.8 Å². The second-order valence-electron chi connectivity index (χ2n) is 3.20. The molecule has 0 aromatic rings. The van der Waals surface area contributed by atoms with E-state index in [1.807, 2.05) is 0 Å². The van der Waals surface area contributed by atoms with E-state index in [4.69, 9.17) is 4.74 Å². The van der Waals surface area contributed by atoms with Crippen molar-refractivity contribution in [2.75, 3.05) is 12.4 Å². The molecule has 0 saturated heterocycles. The van der Waals surface area contributed by atoms with E-state index in [2.05, 4.69) is 4.40 Å². The lowest BCUT2D eigenvalue weighted by Gasteiger charge is -2.18. The smallest absolute Gasteiger partial charge is 0.253 e. The van der Waals surface area contributed by atoms with Crippen molar-refractivity contribution >= 4 is 15.7 Å². The van der Waals surface area contributed by atoms with Gasteiger partial charge in [-0.25, -0.2) is 8.42 Å². The molecule has 1 aliphatic rings. The molecular formula is C11H14NO4S-. The van der Waals surface area contributed by atoms with Crippen LogP contribution in [0.2, 0.25) is 0 Å². The summed E-state index contributed by atoms with van der Waals surface area (Å²) >= 11 is 0. The number of rotatable bonds is 4. The van der Waals surface area contributed by atoms with Crippen LogP contribution in [0.4, 0.5) is 0 Å². The van der Waals surface area contributed by atoms with Crippen LogP contribution in [-0.4, -0.2) is 26.5 Å².